The molecule has 0 unspecified atom stereocenters. The Morgan fingerprint density at radius 2 is 0.671 bits per heavy atom. The van der Waals surface area contributed by atoms with Crippen LogP contribution in [0.2, 0.25) is 0 Å². The number of aryl methyl sites for hydroxylation is 2. The zero-order chi connectivity index (χ0) is 53.1. The lowest BCUT2D eigenvalue weighted by Crippen LogP contribution is -2.75. The molecule has 8 nitrogen and oxygen atoms in total. The number of ether oxygens (including phenoxy) is 2. The SMILES string of the molecule is CCCCCC[N+]12CC[N+](COc3cc(C#Cc4ccc(C#Cc5ccc(CC)cc5)cc4)c(OC[N+]45CC[N+](CCCCCC)(CC4)CC5)cc3C#Cc3ccc(C#Cc4ccc(C)cc4)cc3)(CC1)CC2.O=C=O. The van der Waals surface area contributed by atoms with Crippen molar-refractivity contribution >= 4 is 6.15 Å². The van der Waals surface area contributed by atoms with E-state index in [9.17, 15) is 0 Å². The summed E-state index contributed by atoms with van der Waals surface area (Å²) in [6, 6.07) is 37.7. The third-order valence-corrected chi connectivity index (χ3v) is 16.9. The highest BCUT2D eigenvalue weighted by atomic mass is 16.5. The molecule has 0 atom stereocenters. The van der Waals surface area contributed by atoms with Gasteiger partial charge in [-0.25, -0.2) is 0 Å². The number of quaternary nitrogens is 4. The minimum atomic E-state index is 0.250. The van der Waals surface area contributed by atoms with Gasteiger partial charge in [0.05, 0.1) is 24.2 Å². The van der Waals surface area contributed by atoms with Gasteiger partial charge >= 0.3 is 6.15 Å². The van der Waals surface area contributed by atoms with Gasteiger partial charge in [-0.2, -0.15) is 9.59 Å². The Balaban J connectivity index is 0.00000249. The zero-order valence-electron chi connectivity index (χ0n) is 46.0. The first kappa shape index (κ1) is 55.4. The van der Waals surface area contributed by atoms with Crippen LogP contribution in [0, 0.1) is 54.3 Å². The van der Waals surface area contributed by atoms with Gasteiger partial charge in [0.25, 0.3) is 0 Å². The van der Waals surface area contributed by atoms with E-state index in [2.05, 4.69) is 184 Å². The van der Waals surface area contributed by atoms with Gasteiger partial charge in [0.2, 0.25) is 13.5 Å². The molecule has 8 heteroatoms. The van der Waals surface area contributed by atoms with Crippen molar-refractivity contribution in [3.63, 3.8) is 0 Å². The molecule has 6 heterocycles. The molecule has 6 aliphatic heterocycles. The van der Waals surface area contributed by atoms with Crippen LogP contribution in [0.5, 0.6) is 11.5 Å². The molecule has 6 saturated heterocycles. The summed E-state index contributed by atoms with van der Waals surface area (Å²) in [6.45, 7) is 27.2. The average Bonchev–Trinajstić information content (AvgIpc) is 3.47. The van der Waals surface area contributed by atoms with Gasteiger partial charge in [-0.05, 0) is 117 Å². The molecule has 0 N–H and O–H groups in total. The number of unbranched alkanes of at least 4 members (excludes halogenated alkanes) is 6. The van der Waals surface area contributed by atoms with Crippen molar-refractivity contribution in [2.45, 2.75) is 85.5 Å². The number of benzene rings is 5. The average molecular weight is 1020 g/mol. The van der Waals surface area contributed by atoms with E-state index < -0.39 is 0 Å². The van der Waals surface area contributed by atoms with Crippen molar-refractivity contribution in [3.05, 3.63) is 165 Å². The predicted molar refractivity (Wildman–Crippen MR) is 304 cm³/mol. The van der Waals surface area contributed by atoms with Crippen molar-refractivity contribution in [1.82, 2.24) is 0 Å². The number of nitrogens with zero attached hydrogens (tertiary/aromatic N) is 4. The summed E-state index contributed by atoms with van der Waals surface area (Å²) in [7, 11) is 0. The van der Waals surface area contributed by atoms with Gasteiger partial charge in [0.15, 0.2) is 0 Å². The number of carbonyl (C=O) groups excluding carboxylic acids is 2. The molecule has 0 radical (unpaired) electrons. The topological polar surface area (TPSA) is 52.6 Å². The molecule has 6 fully saturated rings. The first-order chi connectivity index (χ1) is 37.1. The highest BCUT2D eigenvalue weighted by Crippen LogP contribution is 2.34. The molecule has 392 valence electrons. The smallest absolute Gasteiger partial charge is 0.373 e. The molecule has 11 rings (SSSR count). The van der Waals surface area contributed by atoms with Crippen LogP contribution < -0.4 is 9.47 Å². The molecule has 0 amide bonds. The van der Waals surface area contributed by atoms with Crippen LogP contribution in [0.4, 0.5) is 0 Å². The van der Waals surface area contributed by atoms with Gasteiger partial charge < -0.3 is 18.4 Å². The highest BCUT2D eigenvalue weighted by Gasteiger charge is 2.50. The first-order valence-electron chi connectivity index (χ1n) is 28.4. The first-order valence-corrected chi connectivity index (χ1v) is 28.4. The largest absolute Gasteiger partial charge is 0.444 e. The predicted octanol–water partition coefficient (Wildman–Crippen LogP) is 10.7. The molecule has 5 aromatic rings. The molecule has 0 spiro atoms. The van der Waals surface area contributed by atoms with Gasteiger partial charge in [-0.3, -0.25) is 8.97 Å². The minimum absolute atomic E-state index is 0.250. The maximum absolute atomic E-state index is 8.12. The summed E-state index contributed by atoms with van der Waals surface area (Å²) in [5.41, 5.74) is 10.1. The van der Waals surface area contributed by atoms with E-state index in [1.165, 1.54) is 124 Å². The van der Waals surface area contributed by atoms with Crippen LogP contribution in [-0.4, -0.2) is 129 Å². The fourth-order valence-electron chi connectivity index (χ4n) is 11.4. The summed E-state index contributed by atoms with van der Waals surface area (Å²) in [5.74, 6) is 29.1. The van der Waals surface area contributed by atoms with E-state index in [1.807, 2.05) is 0 Å². The summed E-state index contributed by atoms with van der Waals surface area (Å²) < 4.78 is 18.7. The van der Waals surface area contributed by atoms with Gasteiger partial charge in [-0.15, -0.1) is 0 Å². The zero-order valence-corrected chi connectivity index (χ0v) is 46.0. The van der Waals surface area contributed by atoms with Crippen molar-refractivity contribution < 1.29 is 37.0 Å². The van der Waals surface area contributed by atoms with E-state index in [4.69, 9.17) is 19.1 Å². The third-order valence-electron chi connectivity index (χ3n) is 16.9. The monoisotopic (exact) mass is 1020 g/mol. The Labute approximate surface area is 455 Å². The van der Waals surface area contributed by atoms with Crippen LogP contribution in [-0.2, 0) is 16.0 Å². The van der Waals surface area contributed by atoms with E-state index in [1.54, 1.807) is 0 Å². The quantitative estimate of drug-likeness (QED) is 0.0529. The lowest BCUT2D eigenvalue weighted by atomic mass is 10.1. The second kappa shape index (κ2) is 26.8. The molecule has 0 saturated carbocycles. The summed E-state index contributed by atoms with van der Waals surface area (Å²) in [4.78, 5) is 16.2. The Hall–Kier alpha value is -6.84. The van der Waals surface area contributed by atoms with Crippen molar-refractivity contribution in [2.24, 2.45) is 0 Å². The third kappa shape index (κ3) is 15.2. The molecular weight excluding hydrogens is 937 g/mol. The van der Waals surface area contributed by atoms with E-state index in [0.717, 1.165) is 111 Å². The van der Waals surface area contributed by atoms with Crippen LogP contribution in [0.1, 0.15) is 128 Å². The van der Waals surface area contributed by atoms with Crippen molar-refractivity contribution in [1.29, 1.82) is 0 Å². The normalized spacial score (nSPS) is 21.6. The highest BCUT2D eigenvalue weighted by molar-refractivity contribution is 5.61. The molecule has 4 bridgehead atoms. The Bertz CT molecular complexity index is 2970. The second-order valence-electron chi connectivity index (χ2n) is 22.2. The fraction of sp³-hybridized carbons (Fsp3) is 0.426. The minimum Gasteiger partial charge on any atom is -0.444 e. The summed E-state index contributed by atoms with van der Waals surface area (Å²) in [5, 5.41) is 0. The molecule has 76 heavy (non-hydrogen) atoms. The van der Waals surface area contributed by atoms with Crippen LogP contribution in [0.3, 0.4) is 0 Å². The molecule has 5 aromatic carbocycles. The number of fused-ring (bicyclic) bond motifs is 6. The summed E-state index contributed by atoms with van der Waals surface area (Å²) >= 11 is 0. The standard InChI is InChI=1S/C67H80N4O2.CO2/c1-5-8-10-12-38-68-40-46-70(47-41-68,48-42-68)54-72-66-53-65(37-35-63-32-28-61(29-33-63)25-24-59-20-18-57(7-3)19-21-59)67(73-55-71-49-43-69(44-50-71,45-51-71)39-13-11-9-6-2)52-64(66)36-34-62-30-26-60(27-31-62)23-22-58-16-14-56(4)15-17-58;2-1-3/h14-21,26-33,52-53H,5-13,38-51,54-55H2,1-4H3;/q+4;. The van der Waals surface area contributed by atoms with Gasteiger partial charge in [-0.1, -0.05) is 124 Å². The second-order valence-corrected chi connectivity index (χ2v) is 22.2. The molecule has 0 aromatic heterocycles. The Morgan fingerprint density at radius 3 is 0.987 bits per heavy atom. The number of hydrogen-bond donors (Lipinski definition) is 0. The van der Waals surface area contributed by atoms with E-state index >= 15 is 0 Å². The molecular formula is C68H80N4O4+4. The maximum atomic E-state index is 8.12. The van der Waals surface area contributed by atoms with E-state index in [-0.39, 0.29) is 6.15 Å². The van der Waals surface area contributed by atoms with Crippen molar-refractivity contribution in [3.8, 4) is 58.9 Å². The number of rotatable bonds is 17. The fourth-order valence-corrected chi connectivity index (χ4v) is 11.4. The van der Waals surface area contributed by atoms with E-state index in [0.29, 0.717) is 13.5 Å². The van der Waals surface area contributed by atoms with Crippen molar-refractivity contribution in [2.75, 3.05) is 105 Å². The Morgan fingerprint density at radius 1 is 0.382 bits per heavy atom. The lowest BCUT2D eigenvalue weighted by molar-refractivity contribution is -1.09. The Kier molecular flexibility index (Phi) is 19.5. The lowest BCUT2D eigenvalue weighted by Gasteiger charge is -2.55. The summed E-state index contributed by atoms with van der Waals surface area (Å²) in [6.07, 6.45) is 12.0. The van der Waals surface area contributed by atoms with Crippen LogP contribution in [0.15, 0.2) is 109 Å². The number of piperazine rings is 6. The van der Waals surface area contributed by atoms with Crippen LogP contribution in [0.25, 0.3) is 0 Å². The molecule has 6 aliphatic rings. The molecule has 0 aliphatic carbocycles. The maximum Gasteiger partial charge on any atom is 0.373 e. The van der Waals surface area contributed by atoms with Gasteiger partial charge in [0, 0.05) is 45.5 Å². The number of hydrogen-bond acceptors (Lipinski definition) is 4. The van der Waals surface area contributed by atoms with Crippen LogP contribution >= 0.6 is 0 Å². The van der Waals surface area contributed by atoms with Gasteiger partial charge in [0.1, 0.15) is 90.0 Å².